The number of hydrogen-bond donors (Lipinski definition) is 1. The first-order chi connectivity index (χ1) is 10.1. The number of amides is 1. The number of aromatic nitrogens is 3. The zero-order valence-corrected chi connectivity index (χ0v) is 12.1. The predicted octanol–water partition coefficient (Wildman–Crippen LogP) is 1.52. The summed E-state index contributed by atoms with van der Waals surface area (Å²) >= 11 is 0. The molecule has 1 N–H and O–H groups in total. The average molecular weight is 290 g/mol. The number of ether oxygens (including phenoxy) is 1. The van der Waals surface area contributed by atoms with E-state index in [2.05, 4.69) is 22.1 Å². The number of esters is 1. The smallest absolute Gasteiger partial charge is 0.327 e. The van der Waals surface area contributed by atoms with E-state index in [9.17, 15) is 9.59 Å². The molecule has 0 aliphatic carbocycles. The van der Waals surface area contributed by atoms with Crippen molar-refractivity contribution in [2.24, 2.45) is 0 Å². The Balaban J connectivity index is 2.02. The highest BCUT2D eigenvalue weighted by molar-refractivity contribution is 6.03. The maximum Gasteiger partial charge on any atom is 0.327 e. The maximum absolute atomic E-state index is 12.2. The van der Waals surface area contributed by atoms with Crippen molar-refractivity contribution in [2.75, 3.05) is 12.4 Å². The number of hydrogen-bond acceptors (Lipinski definition) is 4. The van der Waals surface area contributed by atoms with Crippen LogP contribution >= 0.6 is 0 Å². The molecule has 0 saturated heterocycles. The first kappa shape index (κ1) is 14.8. The topological polar surface area (TPSA) is 78.2 Å². The molecule has 0 spiro atoms. The van der Waals surface area contributed by atoms with Gasteiger partial charge >= 0.3 is 5.97 Å². The Bertz CT molecular complexity index is 630. The van der Waals surface area contributed by atoms with E-state index in [-0.39, 0.29) is 12.5 Å². The summed E-state index contributed by atoms with van der Waals surface area (Å²) in [5, 5.41) is 6.75. The molecule has 2 heterocycles. The van der Waals surface area contributed by atoms with Crippen molar-refractivity contribution in [3.05, 3.63) is 36.4 Å². The fourth-order valence-electron chi connectivity index (χ4n) is 1.96. The van der Waals surface area contributed by atoms with Crippen LogP contribution in [0.3, 0.4) is 0 Å². The Morgan fingerprint density at radius 1 is 1.43 bits per heavy atom. The lowest BCUT2D eigenvalue weighted by Crippen LogP contribution is -2.16. The summed E-state index contributed by atoms with van der Waals surface area (Å²) in [4.78, 5) is 23.3. The van der Waals surface area contributed by atoms with Gasteiger partial charge in [0.05, 0.1) is 19.0 Å². The molecule has 0 fully saturated rings. The number of nitrogens with one attached hydrogen (secondary N) is 1. The van der Waals surface area contributed by atoms with Gasteiger partial charge in [-0.05, 0) is 18.6 Å². The van der Waals surface area contributed by atoms with Crippen molar-refractivity contribution in [2.45, 2.75) is 26.4 Å². The number of carbonyl (C=O) groups is 2. The van der Waals surface area contributed by atoms with Gasteiger partial charge in [0.1, 0.15) is 12.2 Å². The van der Waals surface area contributed by atoms with Crippen LogP contribution in [0.1, 0.15) is 23.8 Å². The van der Waals surface area contributed by atoms with Gasteiger partial charge in [-0.2, -0.15) is 5.10 Å². The van der Waals surface area contributed by atoms with Gasteiger partial charge in [0, 0.05) is 18.9 Å². The third-order valence-corrected chi connectivity index (χ3v) is 2.94. The second-order valence-corrected chi connectivity index (χ2v) is 4.54. The number of rotatable bonds is 6. The van der Waals surface area contributed by atoms with Crippen LogP contribution in [-0.2, 0) is 22.6 Å². The van der Waals surface area contributed by atoms with E-state index in [4.69, 9.17) is 0 Å². The van der Waals surface area contributed by atoms with Gasteiger partial charge in [0.2, 0.25) is 0 Å². The summed E-state index contributed by atoms with van der Waals surface area (Å²) in [6, 6.07) is 3.61. The Kier molecular flexibility index (Phi) is 4.76. The molecule has 0 bridgehead atoms. The van der Waals surface area contributed by atoms with Gasteiger partial charge in [-0.15, -0.1) is 0 Å². The Morgan fingerprint density at radius 3 is 2.95 bits per heavy atom. The number of anilines is 1. The highest BCUT2D eigenvalue weighted by Gasteiger charge is 2.12. The Hall–Kier alpha value is -2.57. The molecular formula is C14H18N4O3. The molecule has 0 aliphatic rings. The number of nitrogens with zero attached hydrogens (tertiary/aromatic N) is 3. The molecule has 7 heteroatoms. The van der Waals surface area contributed by atoms with Crippen molar-refractivity contribution in [1.29, 1.82) is 0 Å². The average Bonchev–Trinajstić information content (AvgIpc) is 3.08. The monoisotopic (exact) mass is 290 g/mol. The normalized spacial score (nSPS) is 10.4. The molecule has 0 unspecified atom stereocenters. The molecule has 1 amide bonds. The fraction of sp³-hybridized carbons (Fsp3) is 0.357. The summed E-state index contributed by atoms with van der Waals surface area (Å²) in [5.41, 5.74) is 1.13. The third-order valence-electron chi connectivity index (χ3n) is 2.94. The van der Waals surface area contributed by atoms with Gasteiger partial charge in [-0.1, -0.05) is 6.92 Å². The van der Waals surface area contributed by atoms with Crippen LogP contribution in [0.25, 0.3) is 0 Å². The fourth-order valence-corrected chi connectivity index (χ4v) is 1.96. The number of carbonyl (C=O) groups excluding carboxylic acids is 2. The zero-order valence-electron chi connectivity index (χ0n) is 12.1. The second kappa shape index (κ2) is 6.74. The molecule has 0 atom stereocenters. The van der Waals surface area contributed by atoms with Crippen molar-refractivity contribution in [3.63, 3.8) is 0 Å². The molecule has 21 heavy (non-hydrogen) atoms. The second-order valence-electron chi connectivity index (χ2n) is 4.54. The van der Waals surface area contributed by atoms with Crippen LogP contribution in [0, 0.1) is 0 Å². The van der Waals surface area contributed by atoms with Crippen LogP contribution < -0.4 is 5.32 Å². The van der Waals surface area contributed by atoms with Gasteiger partial charge in [0.25, 0.3) is 5.91 Å². The van der Waals surface area contributed by atoms with Crippen molar-refractivity contribution in [3.8, 4) is 0 Å². The van der Waals surface area contributed by atoms with Crippen LogP contribution in [0.15, 0.2) is 30.7 Å². The standard InChI is InChI=1S/C14H18N4O3/c1-3-6-17-7-4-5-12(17)14(20)16-11-8-15-18(9-11)10-13(19)21-2/h4-5,7-9H,3,6,10H2,1-2H3,(H,16,20). The number of methoxy groups -OCH3 is 1. The highest BCUT2D eigenvalue weighted by Crippen LogP contribution is 2.10. The maximum atomic E-state index is 12.2. The van der Waals surface area contributed by atoms with E-state index in [0.717, 1.165) is 13.0 Å². The molecule has 0 aromatic carbocycles. The Labute approximate surface area is 122 Å². The summed E-state index contributed by atoms with van der Waals surface area (Å²) in [7, 11) is 1.32. The number of aryl methyl sites for hydroxylation is 1. The first-order valence-electron chi connectivity index (χ1n) is 6.69. The quantitative estimate of drug-likeness (QED) is 0.818. The molecule has 2 aromatic rings. The summed E-state index contributed by atoms with van der Waals surface area (Å²) in [5.74, 6) is -0.598. The lowest BCUT2D eigenvalue weighted by atomic mass is 10.3. The van der Waals surface area contributed by atoms with Crippen LogP contribution in [-0.4, -0.2) is 33.3 Å². The van der Waals surface area contributed by atoms with Crippen molar-refractivity contribution >= 4 is 17.6 Å². The van der Waals surface area contributed by atoms with E-state index < -0.39 is 5.97 Å². The molecule has 0 saturated carbocycles. The zero-order chi connectivity index (χ0) is 15.2. The first-order valence-corrected chi connectivity index (χ1v) is 6.69. The van der Waals surface area contributed by atoms with Crippen LogP contribution in [0.5, 0.6) is 0 Å². The SMILES string of the molecule is CCCn1cccc1C(=O)Nc1cnn(CC(=O)OC)c1. The largest absolute Gasteiger partial charge is 0.468 e. The molecule has 2 rings (SSSR count). The van der Waals surface area contributed by atoms with Crippen LogP contribution in [0.2, 0.25) is 0 Å². The van der Waals surface area contributed by atoms with E-state index >= 15 is 0 Å². The highest BCUT2D eigenvalue weighted by atomic mass is 16.5. The summed E-state index contributed by atoms with van der Waals surface area (Å²) < 4.78 is 7.86. The molecule has 7 nitrogen and oxygen atoms in total. The minimum atomic E-state index is -0.396. The predicted molar refractivity (Wildman–Crippen MR) is 76.9 cm³/mol. The van der Waals surface area contributed by atoms with E-state index in [1.807, 2.05) is 16.8 Å². The molecule has 0 aliphatic heterocycles. The van der Waals surface area contributed by atoms with Gasteiger partial charge < -0.3 is 14.6 Å². The van der Waals surface area contributed by atoms with Gasteiger partial charge in [-0.25, -0.2) is 0 Å². The van der Waals surface area contributed by atoms with Crippen molar-refractivity contribution < 1.29 is 14.3 Å². The van der Waals surface area contributed by atoms with Crippen molar-refractivity contribution in [1.82, 2.24) is 14.3 Å². The molecule has 2 aromatic heterocycles. The van der Waals surface area contributed by atoms with E-state index in [1.54, 1.807) is 12.3 Å². The van der Waals surface area contributed by atoms with Gasteiger partial charge in [-0.3, -0.25) is 14.3 Å². The summed E-state index contributed by atoms with van der Waals surface area (Å²) in [6.45, 7) is 2.86. The molecular weight excluding hydrogens is 272 g/mol. The third kappa shape index (κ3) is 3.71. The van der Waals surface area contributed by atoms with E-state index in [1.165, 1.54) is 18.0 Å². The summed E-state index contributed by atoms with van der Waals surface area (Å²) in [6.07, 6.45) is 5.90. The minimum Gasteiger partial charge on any atom is -0.468 e. The molecule has 0 radical (unpaired) electrons. The van der Waals surface area contributed by atoms with Crippen LogP contribution in [0.4, 0.5) is 5.69 Å². The van der Waals surface area contributed by atoms with Gasteiger partial charge in [0.15, 0.2) is 0 Å². The lowest BCUT2D eigenvalue weighted by Gasteiger charge is -2.07. The van der Waals surface area contributed by atoms with E-state index in [0.29, 0.717) is 11.4 Å². The minimum absolute atomic E-state index is 0.0125. The molecule has 112 valence electrons. The Morgan fingerprint density at radius 2 is 2.24 bits per heavy atom. The lowest BCUT2D eigenvalue weighted by molar-refractivity contribution is -0.141.